The quantitative estimate of drug-likeness (QED) is 0.664. The van der Waals surface area contributed by atoms with Crippen LogP contribution in [0.2, 0.25) is 0 Å². The van der Waals surface area contributed by atoms with Crippen LogP contribution < -0.4 is 0 Å². The molecule has 1 aliphatic rings. The maximum absolute atomic E-state index is 2.63. The van der Waals surface area contributed by atoms with Crippen LogP contribution in [0.5, 0.6) is 0 Å². The number of likely N-dealkylation sites (N-methyl/N-ethyl adjacent to an activating group) is 2. The zero-order valence-electron chi connectivity index (χ0n) is 12.9. The molecule has 0 amide bonds. The van der Waals surface area contributed by atoms with Crippen molar-refractivity contribution in [1.29, 1.82) is 0 Å². The number of hydrogen-bond acceptors (Lipinski definition) is 4. The Balaban J connectivity index is 2.24. The van der Waals surface area contributed by atoms with E-state index in [1.165, 1.54) is 65.2 Å². The van der Waals surface area contributed by atoms with Gasteiger partial charge >= 0.3 is 0 Å². The molecule has 1 heterocycles. The molecule has 0 unspecified atom stereocenters. The summed E-state index contributed by atoms with van der Waals surface area (Å²) >= 11 is 0. The first-order valence-corrected chi connectivity index (χ1v) is 7.32. The molecule has 1 saturated heterocycles. The predicted molar refractivity (Wildman–Crippen MR) is 79.2 cm³/mol. The van der Waals surface area contributed by atoms with Crippen LogP contribution in [-0.4, -0.2) is 100 Å². The van der Waals surface area contributed by atoms with Crippen molar-refractivity contribution in [3.63, 3.8) is 0 Å². The largest absolute Gasteiger partial charge is 0.309 e. The van der Waals surface area contributed by atoms with E-state index in [-0.39, 0.29) is 0 Å². The van der Waals surface area contributed by atoms with E-state index in [0.29, 0.717) is 0 Å². The van der Waals surface area contributed by atoms with Gasteiger partial charge in [-0.25, -0.2) is 0 Å². The Bertz CT molecular complexity index is 194. The molecule has 0 spiro atoms. The van der Waals surface area contributed by atoms with E-state index in [0.717, 1.165) is 0 Å². The van der Waals surface area contributed by atoms with E-state index in [1.807, 2.05) is 0 Å². The molecular weight excluding hydrogens is 224 g/mol. The fourth-order valence-electron chi connectivity index (χ4n) is 2.29. The molecule has 0 atom stereocenters. The van der Waals surface area contributed by atoms with Crippen molar-refractivity contribution in [1.82, 2.24) is 19.6 Å². The van der Waals surface area contributed by atoms with Gasteiger partial charge in [-0.1, -0.05) is 0 Å². The summed E-state index contributed by atoms with van der Waals surface area (Å²) in [7, 11) is 8.79. The highest BCUT2D eigenvalue weighted by Gasteiger charge is 2.11. The summed E-state index contributed by atoms with van der Waals surface area (Å²) in [5.74, 6) is 0. The van der Waals surface area contributed by atoms with Crippen LogP contribution in [0.4, 0.5) is 0 Å². The first-order chi connectivity index (χ1) is 8.58. The van der Waals surface area contributed by atoms with E-state index in [9.17, 15) is 0 Å². The van der Waals surface area contributed by atoms with E-state index in [4.69, 9.17) is 0 Å². The molecule has 0 saturated carbocycles. The van der Waals surface area contributed by atoms with Crippen molar-refractivity contribution < 1.29 is 0 Å². The monoisotopic (exact) mass is 256 g/mol. The zero-order valence-corrected chi connectivity index (χ0v) is 12.9. The van der Waals surface area contributed by atoms with E-state index < -0.39 is 0 Å². The maximum Gasteiger partial charge on any atom is 0.0110 e. The molecule has 0 aromatic rings. The molecule has 0 aromatic heterocycles. The summed E-state index contributed by atoms with van der Waals surface area (Å²) in [5.41, 5.74) is 0. The minimum atomic E-state index is 1.20. The van der Waals surface area contributed by atoms with Gasteiger partial charge in [-0.2, -0.15) is 0 Å². The van der Waals surface area contributed by atoms with Gasteiger partial charge in [0.1, 0.15) is 0 Å². The first-order valence-electron chi connectivity index (χ1n) is 7.32. The minimum Gasteiger partial charge on any atom is -0.309 e. The summed E-state index contributed by atoms with van der Waals surface area (Å²) in [6, 6.07) is 0. The molecular formula is C14H32N4. The number of hydrogen-bond donors (Lipinski definition) is 0. The molecule has 0 N–H and O–H groups in total. The summed E-state index contributed by atoms with van der Waals surface area (Å²) in [6.45, 7) is 9.75. The summed E-state index contributed by atoms with van der Waals surface area (Å²) < 4.78 is 0. The first kappa shape index (κ1) is 15.9. The summed E-state index contributed by atoms with van der Waals surface area (Å²) in [4.78, 5) is 9.82. The zero-order chi connectivity index (χ0) is 13.4. The van der Waals surface area contributed by atoms with Crippen LogP contribution in [0.15, 0.2) is 0 Å². The molecule has 1 fully saturated rings. The van der Waals surface area contributed by atoms with Crippen LogP contribution in [0.1, 0.15) is 12.8 Å². The SMILES string of the molecule is CN(C)CCCCN1CCN(C)CCN(C)CC1. The molecule has 4 heteroatoms. The molecule has 1 rings (SSSR count). The van der Waals surface area contributed by atoms with Gasteiger partial charge in [-0.3, -0.25) is 0 Å². The van der Waals surface area contributed by atoms with Crippen molar-refractivity contribution in [2.45, 2.75) is 12.8 Å². The second kappa shape index (κ2) is 8.86. The molecule has 18 heavy (non-hydrogen) atoms. The molecule has 0 aliphatic carbocycles. The van der Waals surface area contributed by atoms with Crippen molar-refractivity contribution in [2.75, 3.05) is 80.5 Å². The standard InChI is InChI=1S/C14H32N4/c1-15(2)7-5-6-8-18-13-11-16(3)9-10-17(4)12-14-18/h5-14H2,1-4H3. The molecule has 0 bridgehead atoms. The third-order valence-corrected chi connectivity index (χ3v) is 3.79. The van der Waals surface area contributed by atoms with E-state index >= 15 is 0 Å². The van der Waals surface area contributed by atoms with E-state index in [2.05, 4.69) is 47.8 Å². The number of nitrogens with zero attached hydrogens (tertiary/aromatic N) is 4. The van der Waals surface area contributed by atoms with Crippen LogP contribution in [0, 0.1) is 0 Å². The highest BCUT2D eigenvalue weighted by molar-refractivity contribution is 4.68. The Morgan fingerprint density at radius 1 is 0.778 bits per heavy atom. The minimum absolute atomic E-state index is 1.20. The van der Waals surface area contributed by atoms with Gasteiger partial charge in [0.15, 0.2) is 0 Å². The van der Waals surface area contributed by atoms with Gasteiger partial charge in [0.2, 0.25) is 0 Å². The number of rotatable bonds is 5. The normalized spacial score (nSPS) is 21.8. The van der Waals surface area contributed by atoms with Gasteiger partial charge in [-0.15, -0.1) is 0 Å². The van der Waals surface area contributed by atoms with Crippen molar-refractivity contribution in [3.05, 3.63) is 0 Å². The van der Waals surface area contributed by atoms with Gasteiger partial charge in [0, 0.05) is 39.3 Å². The highest BCUT2D eigenvalue weighted by atomic mass is 15.2. The van der Waals surface area contributed by atoms with Crippen molar-refractivity contribution in [2.24, 2.45) is 0 Å². The lowest BCUT2D eigenvalue weighted by atomic mass is 10.2. The summed E-state index contributed by atoms with van der Waals surface area (Å²) in [6.07, 6.45) is 2.64. The highest BCUT2D eigenvalue weighted by Crippen LogP contribution is 2.00. The Morgan fingerprint density at radius 2 is 1.28 bits per heavy atom. The smallest absolute Gasteiger partial charge is 0.0110 e. The lowest BCUT2D eigenvalue weighted by Crippen LogP contribution is -2.35. The Labute approximate surface area is 114 Å². The van der Waals surface area contributed by atoms with Crippen LogP contribution in [0.3, 0.4) is 0 Å². The molecule has 108 valence electrons. The van der Waals surface area contributed by atoms with Crippen LogP contribution in [-0.2, 0) is 0 Å². The second-order valence-corrected chi connectivity index (χ2v) is 5.96. The predicted octanol–water partition coefficient (Wildman–Crippen LogP) is 0.507. The topological polar surface area (TPSA) is 13.0 Å². The third-order valence-electron chi connectivity index (χ3n) is 3.79. The van der Waals surface area contributed by atoms with Gasteiger partial charge in [0.05, 0.1) is 0 Å². The third kappa shape index (κ3) is 7.31. The summed E-state index contributed by atoms with van der Waals surface area (Å²) in [5, 5.41) is 0. The van der Waals surface area contributed by atoms with Gasteiger partial charge in [0.25, 0.3) is 0 Å². The Hall–Kier alpha value is -0.160. The Kier molecular flexibility index (Phi) is 7.82. The molecule has 4 nitrogen and oxygen atoms in total. The maximum atomic E-state index is 2.63. The average Bonchev–Trinajstić information content (AvgIpc) is 2.39. The molecule has 1 aliphatic heterocycles. The van der Waals surface area contributed by atoms with Gasteiger partial charge < -0.3 is 19.6 Å². The lowest BCUT2D eigenvalue weighted by molar-refractivity contribution is 0.228. The van der Waals surface area contributed by atoms with Crippen LogP contribution >= 0.6 is 0 Å². The fourth-order valence-corrected chi connectivity index (χ4v) is 2.29. The molecule has 0 radical (unpaired) electrons. The number of unbranched alkanes of at least 4 members (excludes halogenated alkanes) is 1. The van der Waals surface area contributed by atoms with Crippen molar-refractivity contribution >= 4 is 0 Å². The average molecular weight is 256 g/mol. The van der Waals surface area contributed by atoms with Crippen molar-refractivity contribution in [3.8, 4) is 0 Å². The second-order valence-electron chi connectivity index (χ2n) is 5.96. The lowest BCUT2D eigenvalue weighted by Gasteiger charge is -2.24. The van der Waals surface area contributed by atoms with E-state index in [1.54, 1.807) is 0 Å². The van der Waals surface area contributed by atoms with Crippen LogP contribution in [0.25, 0.3) is 0 Å². The Morgan fingerprint density at radius 3 is 1.78 bits per heavy atom. The fraction of sp³-hybridized carbons (Fsp3) is 1.00. The van der Waals surface area contributed by atoms with Gasteiger partial charge in [-0.05, 0) is 54.1 Å². The molecule has 0 aromatic carbocycles.